The van der Waals surface area contributed by atoms with E-state index in [4.69, 9.17) is 4.74 Å². The fraction of sp³-hybridized carbons (Fsp3) is 0.562. The minimum atomic E-state index is -0.472. The molecule has 1 fully saturated rings. The molecule has 0 radical (unpaired) electrons. The van der Waals surface area contributed by atoms with Crippen molar-refractivity contribution in [2.24, 2.45) is 5.92 Å². The highest BCUT2D eigenvalue weighted by Gasteiger charge is 2.35. The van der Waals surface area contributed by atoms with Crippen molar-refractivity contribution in [1.29, 1.82) is 0 Å². The van der Waals surface area contributed by atoms with Crippen LogP contribution in [0.15, 0.2) is 12.1 Å². The van der Waals surface area contributed by atoms with E-state index < -0.39 is 11.9 Å². The number of ether oxygens (including phenoxy) is 1. The zero-order valence-corrected chi connectivity index (χ0v) is 13.8. The van der Waals surface area contributed by atoms with Crippen LogP contribution in [0.2, 0.25) is 0 Å². The van der Waals surface area contributed by atoms with Gasteiger partial charge in [-0.25, -0.2) is 9.37 Å². The Morgan fingerprint density at radius 1 is 1.38 bits per heavy atom. The summed E-state index contributed by atoms with van der Waals surface area (Å²) in [6.07, 6.45) is 1.69. The topological polar surface area (TPSA) is 96.0 Å². The summed E-state index contributed by atoms with van der Waals surface area (Å²) in [5.41, 5.74) is 0. The van der Waals surface area contributed by atoms with Crippen molar-refractivity contribution < 1.29 is 14.2 Å². The Balaban J connectivity index is 1.62. The third-order valence-corrected chi connectivity index (χ3v) is 4.47. The first-order valence-corrected chi connectivity index (χ1v) is 8.14. The van der Waals surface area contributed by atoms with E-state index in [9.17, 15) is 9.50 Å². The molecule has 2 aromatic rings. The second kappa shape index (κ2) is 7.12. The zero-order chi connectivity index (χ0) is 17.1. The lowest BCUT2D eigenvalue weighted by Gasteiger charge is -2.16. The Morgan fingerprint density at radius 2 is 2.21 bits per heavy atom. The molecule has 0 bridgehead atoms. The Labute approximate surface area is 139 Å². The Hall–Kier alpha value is -2.22. The first-order chi connectivity index (χ1) is 11.6. The molecule has 0 aliphatic heterocycles. The SMILES string of the molecule is CCc1nc([C@H]2C[C@H](CNc3nc(OC)ccc3F)[C@H](O)C2)n[nH]1. The van der Waals surface area contributed by atoms with Gasteiger partial charge in [0.05, 0.1) is 13.2 Å². The minimum absolute atomic E-state index is 0.00835. The van der Waals surface area contributed by atoms with Gasteiger partial charge in [0.1, 0.15) is 5.82 Å². The number of anilines is 1. The molecular weight excluding hydrogens is 313 g/mol. The van der Waals surface area contributed by atoms with Gasteiger partial charge in [0.2, 0.25) is 5.88 Å². The first kappa shape index (κ1) is 16.6. The molecule has 24 heavy (non-hydrogen) atoms. The summed E-state index contributed by atoms with van der Waals surface area (Å²) in [6.45, 7) is 2.44. The Bertz CT molecular complexity index is 693. The summed E-state index contributed by atoms with van der Waals surface area (Å²) in [5, 5.41) is 20.4. The number of nitrogens with one attached hydrogen (secondary N) is 2. The summed E-state index contributed by atoms with van der Waals surface area (Å²) in [4.78, 5) is 8.50. The molecule has 130 valence electrons. The second-order valence-corrected chi connectivity index (χ2v) is 6.05. The van der Waals surface area contributed by atoms with E-state index in [0.717, 1.165) is 24.5 Å². The van der Waals surface area contributed by atoms with Crippen LogP contribution in [0.25, 0.3) is 0 Å². The number of halogens is 1. The molecule has 0 aromatic carbocycles. The van der Waals surface area contributed by atoms with Gasteiger partial charge in [-0.15, -0.1) is 0 Å². The standard InChI is InChI=1S/C16H22FN5O2/c1-3-13-19-15(22-21-13)9-6-10(12(23)7-9)8-18-16-11(17)4-5-14(20-16)24-2/h4-5,9-10,12,23H,3,6-8H2,1-2H3,(H,18,20)(H,19,21,22)/t9-,10+,12+/m0/s1. The van der Waals surface area contributed by atoms with Gasteiger partial charge in [0.25, 0.3) is 0 Å². The number of hydrogen-bond acceptors (Lipinski definition) is 6. The van der Waals surface area contributed by atoms with Crippen LogP contribution in [-0.2, 0) is 6.42 Å². The average molecular weight is 335 g/mol. The van der Waals surface area contributed by atoms with E-state index in [0.29, 0.717) is 18.8 Å². The van der Waals surface area contributed by atoms with Crippen LogP contribution in [0.1, 0.15) is 37.3 Å². The molecule has 3 atom stereocenters. The van der Waals surface area contributed by atoms with Gasteiger partial charge >= 0.3 is 0 Å². The minimum Gasteiger partial charge on any atom is -0.481 e. The number of rotatable bonds is 6. The van der Waals surface area contributed by atoms with E-state index in [1.54, 1.807) is 0 Å². The number of aryl methyl sites for hydroxylation is 1. The Kier molecular flexibility index (Phi) is 4.94. The molecule has 1 aliphatic carbocycles. The van der Waals surface area contributed by atoms with Crippen LogP contribution in [0, 0.1) is 11.7 Å². The van der Waals surface area contributed by atoms with Gasteiger partial charge in [-0.2, -0.15) is 10.1 Å². The van der Waals surface area contributed by atoms with Crippen molar-refractivity contribution in [1.82, 2.24) is 20.2 Å². The smallest absolute Gasteiger partial charge is 0.215 e. The van der Waals surface area contributed by atoms with Crippen molar-refractivity contribution >= 4 is 5.82 Å². The van der Waals surface area contributed by atoms with Crippen LogP contribution < -0.4 is 10.1 Å². The molecule has 1 saturated carbocycles. The van der Waals surface area contributed by atoms with E-state index in [-0.39, 0.29) is 17.7 Å². The number of hydrogen-bond donors (Lipinski definition) is 3. The van der Waals surface area contributed by atoms with Gasteiger partial charge in [0, 0.05) is 30.9 Å². The van der Waals surface area contributed by atoms with Crippen molar-refractivity contribution in [3.63, 3.8) is 0 Å². The molecule has 2 heterocycles. The quantitative estimate of drug-likeness (QED) is 0.746. The lowest BCUT2D eigenvalue weighted by Crippen LogP contribution is -2.22. The Morgan fingerprint density at radius 3 is 2.92 bits per heavy atom. The van der Waals surface area contributed by atoms with E-state index in [1.807, 2.05) is 6.92 Å². The average Bonchev–Trinajstić information content (AvgIpc) is 3.20. The molecule has 3 rings (SSSR count). The molecule has 7 nitrogen and oxygen atoms in total. The van der Waals surface area contributed by atoms with Crippen molar-refractivity contribution in [2.75, 3.05) is 19.0 Å². The predicted molar refractivity (Wildman–Crippen MR) is 86.5 cm³/mol. The van der Waals surface area contributed by atoms with Gasteiger partial charge in [-0.05, 0) is 18.9 Å². The largest absolute Gasteiger partial charge is 0.481 e. The summed E-state index contributed by atoms with van der Waals surface area (Å²) in [7, 11) is 1.48. The summed E-state index contributed by atoms with van der Waals surface area (Å²) in [6, 6.07) is 2.78. The van der Waals surface area contributed by atoms with Crippen molar-refractivity contribution in [3.8, 4) is 5.88 Å². The first-order valence-electron chi connectivity index (χ1n) is 8.14. The van der Waals surface area contributed by atoms with Crippen LogP contribution >= 0.6 is 0 Å². The number of aliphatic hydroxyl groups excluding tert-OH is 1. The van der Waals surface area contributed by atoms with Gasteiger partial charge in [-0.3, -0.25) is 5.10 Å². The number of nitrogens with zero attached hydrogens (tertiary/aromatic N) is 3. The highest BCUT2D eigenvalue weighted by molar-refractivity contribution is 5.39. The molecule has 0 unspecified atom stereocenters. The molecule has 0 amide bonds. The molecule has 8 heteroatoms. The lowest BCUT2D eigenvalue weighted by atomic mass is 10.0. The molecule has 1 aliphatic rings. The number of pyridine rings is 1. The third kappa shape index (κ3) is 3.48. The maximum Gasteiger partial charge on any atom is 0.215 e. The van der Waals surface area contributed by atoms with Crippen LogP contribution in [0.5, 0.6) is 5.88 Å². The van der Waals surface area contributed by atoms with E-state index in [2.05, 4.69) is 25.5 Å². The molecule has 0 spiro atoms. The maximum absolute atomic E-state index is 13.8. The summed E-state index contributed by atoms with van der Waals surface area (Å²) >= 11 is 0. The maximum atomic E-state index is 13.8. The highest BCUT2D eigenvalue weighted by atomic mass is 19.1. The number of methoxy groups -OCH3 is 1. The van der Waals surface area contributed by atoms with Crippen LogP contribution in [0.3, 0.4) is 0 Å². The second-order valence-electron chi connectivity index (χ2n) is 6.05. The summed E-state index contributed by atoms with van der Waals surface area (Å²) in [5.74, 6) is 1.74. The number of aromatic nitrogens is 4. The molecule has 0 saturated heterocycles. The van der Waals surface area contributed by atoms with E-state index >= 15 is 0 Å². The molecule has 2 aromatic heterocycles. The van der Waals surface area contributed by atoms with Crippen LogP contribution in [-0.4, -0.2) is 45.0 Å². The number of aliphatic hydroxyl groups is 1. The summed E-state index contributed by atoms with van der Waals surface area (Å²) < 4.78 is 18.8. The predicted octanol–water partition coefficient (Wildman–Crippen LogP) is 1.88. The number of aromatic amines is 1. The van der Waals surface area contributed by atoms with E-state index in [1.165, 1.54) is 19.2 Å². The van der Waals surface area contributed by atoms with Crippen molar-refractivity contribution in [3.05, 3.63) is 29.6 Å². The fourth-order valence-corrected chi connectivity index (χ4v) is 3.07. The highest BCUT2D eigenvalue weighted by Crippen LogP contribution is 2.37. The van der Waals surface area contributed by atoms with Crippen LogP contribution in [0.4, 0.5) is 10.2 Å². The number of H-pyrrole nitrogens is 1. The molecule has 3 N–H and O–H groups in total. The monoisotopic (exact) mass is 335 g/mol. The van der Waals surface area contributed by atoms with Gasteiger partial charge < -0.3 is 15.2 Å². The lowest BCUT2D eigenvalue weighted by molar-refractivity contribution is 0.137. The normalized spacial score (nSPS) is 23.4. The third-order valence-electron chi connectivity index (χ3n) is 4.47. The van der Waals surface area contributed by atoms with Crippen molar-refractivity contribution in [2.45, 2.75) is 38.2 Å². The zero-order valence-electron chi connectivity index (χ0n) is 13.8. The van der Waals surface area contributed by atoms with Gasteiger partial charge in [-0.1, -0.05) is 6.92 Å². The molecular formula is C16H22FN5O2. The fourth-order valence-electron chi connectivity index (χ4n) is 3.07. The van der Waals surface area contributed by atoms with Gasteiger partial charge in [0.15, 0.2) is 17.5 Å².